The van der Waals surface area contributed by atoms with Crippen molar-refractivity contribution in [1.82, 2.24) is 4.90 Å². The number of rotatable bonds is 2. The van der Waals surface area contributed by atoms with Gasteiger partial charge in [0, 0.05) is 19.7 Å². The smallest absolute Gasteiger partial charge is 0.445 e. The summed E-state index contributed by atoms with van der Waals surface area (Å²) in [5.74, 6) is -0.309. The zero-order chi connectivity index (χ0) is 11.6. The van der Waals surface area contributed by atoms with E-state index in [1.54, 1.807) is 14.1 Å². The molecular formula is C9H10BF3NO-. The van der Waals surface area contributed by atoms with Crippen molar-refractivity contribution in [3.63, 3.8) is 0 Å². The van der Waals surface area contributed by atoms with Crippen molar-refractivity contribution >= 4 is 18.3 Å². The van der Waals surface area contributed by atoms with Gasteiger partial charge in [0.15, 0.2) is 0 Å². The summed E-state index contributed by atoms with van der Waals surface area (Å²) < 4.78 is 36.7. The second kappa shape index (κ2) is 3.96. The van der Waals surface area contributed by atoms with Gasteiger partial charge < -0.3 is 17.8 Å². The number of hydrogen-bond acceptors (Lipinski definition) is 1. The van der Waals surface area contributed by atoms with E-state index in [0.29, 0.717) is 0 Å². The number of nitrogens with zero attached hydrogens (tertiary/aromatic N) is 1. The fraction of sp³-hybridized carbons (Fsp3) is 0.222. The fourth-order valence-electron chi connectivity index (χ4n) is 1.10. The highest BCUT2D eigenvalue weighted by Gasteiger charge is 2.25. The number of halogens is 3. The fourth-order valence-corrected chi connectivity index (χ4v) is 1.10. The summed E-state index contributed by atoms with van der Waals surface area (Å²) in [7, 11) is 3.09. The Balaban J connectivity index is 2.96. The van der Waals surface area contributed by atoms with Crippen LogP contribution in [0.4, 0.5) is 12.9 Å². The number of hydrogen-bond donors (Lipinski definition) is 0. The van der Waals surface area contributed by atoms with Gasteiger partial charge in [-0.1, -0.05) is 24.3 Å². The molecule has 0 aliphatic heterocycles. The maximum Gasteiger partial charge on any atom is 0.509 e. The SMILES string of the molecule is CN(C)C(=O)c1ccc([B-](F)(F)F)cc1. The van der Waals surface area contributed by atoms with E-state index in [1.165, 1.54) is 17.0 Å². The molecule has 0 unspecified atom stereocenters. The van der Waals surface area contributed by atoms with Crippen LogP contribution in [0.25, 0.3) is 0 Å². The molecule has 0 spiro atoms. The number of carbonyl (C=O) groups excluding carboxylic acids is 1. The Labute approximate surface area is 85.8 Å². The van der Waals surface area contributed by atoms with Gasteiger partial charge >= 0.3 is 6.98 Å². The molecule has 1 amide bonds. The van der Waals surface area contributed by atoms with Crippen molar-refractivity contribution in [2.45, 2.75) is 0 Å². The van der Waals surface area contributed by atoms with Crippen molar-refractivity contribution in [3.05, 3.63) is 29.8 Å². The number of benzene rings is 1. The monoisotopic (exact) mass is 216 g/mol. The lowest BCUT2D eigenvalue weighted by atomic mass is 9.80. The zero-order valence-electron chi connectivity index (χ0n) is 8.38. The first kappa shape index (κ1) is 11.6. The predicted molar refractivity (Wildman–Crippen MR) is 53.2 cm³/mol. The van der Waals surface area contributed by atoms with Crippen molar-refractivity contribution in [2.75, 3.05) is 14.1 Å². The predicted octanol–water partition coefficient (Wildman–Crippen LogP) is 1.44. The van der Waals surface area contributed by atoms with Gasteiger partial charge in [0.2, 0.25) is 0 Å². The average molecular weight is 216 g/mol. The molecular weight excluding hydrogens is 206 g/mol. The first-order chi connectivity index (χ1) is 6.82. The van der Waals surface area contributed by atoms with Crippen LogP contribution in [-0.2, 0) is 0 Å². The van der Waals surface area contributed by atoms with E-state index in [2.05, 4.69) is 0 Å². The van der Waals surface area contributed by atoms with Crippen LogP contribution >= 0.6 is 0 Å². The molecule has 82 valence electrons. The molecule has 0 bridgehead atoms. The molecule has 1 rings (SSSR count). The van der Waals surface area contributed by atoms with Crippen molar-refractivity contribution in [2.24, 2.45) is 0 Å². The minimum Gasteiger partial charge on any atom is -0.445 e. The van der Waals surface area contributed by atoms with Gasteiger partial charge in [-0.2, -0.15) is 0 Å². The van der Waals surface area contributed by atoms with Crippen LogP contribution in [-0.4, -0.2) is 31.9 Å². The molecule has 0 aliphatic carbocycles. The Morgan fingerprint density at radius 3 is 1.93 bits per heavy atom. The highest BCUT2D eigenvalue weighted by Crippen LogP contribution is 2.10. The van der Waals surface area contributed by atoms with Crippen LogP contribution in [0.15, 0.2) is 24.3 Å². The molecule has 15 heavy (non-hydrogen) atoms. The summed E-state index contributed by atoms with van der Waals surface area (Å²) in [4.78, 5) is 12.7. The van der Waals surface area contributed by atoms with Crippen molar-refractivity contribution in [3.8, 4) is 0 Å². The summed E-state index contributed by atoms with van der Waals surface area (Å²) in [6, 6.07) is 4.23. The van der Waals surface area contributed by atoms with Crippen LogP contribution in [0.2, 0.25) is 0 Å². The number of carbonyl (C=O) groups is 1. The molecule has 0 fully saturated rings. The second-order valence-electron chi connectivity index (χ2n) is 3.40. The van der Waals surface area contributed by atoms with Gasteiger partial charge in [-0.25, -0.2) is 0 Å². The van der Waals surface area contributed by atoms with Crippen LogP contribution in [0.1, 0.15) is 10.4 Å². The Morgan fingerprint density at radius 1 is 1.13 bits per heavy atom. The molecule has 1 aromatic carbocycles. The minimum absolute atomic E-state index is 0.254. The third kappa shape index (κ3) is 2.74. The van der Waals surface area contributed by atoms with E-state index in [4.69, 9.17) is 0 Å². The van der Waals surface area contributed by atoms with Gasteiger partial charge in [-0.05, 0) is 0 Å². The normalized spacial score (nSPS) is 11.3. The lowest BCUT2D eigenvalue weighted by Crippen LogP contribution is -2.34. The highest BCUT2D eigenvalue weighted by molar-refractivity contribution is 6.73. The maximum absolute atomic E-state index is 12.2. The third-order valence-electron chi connectivity index (χ3n) is 1.94. The molecule has 6 heteroatoms. The Morgan fingerprint density at radius 2 is 1.60 bits per heavy atom. The molecule has 0 radical (unpaired) electrons. The molecule has 0 saturated heterocycles. The third-order valence-corrected chi connectivity index (χ3v) is 1.94. The standard InChI is InChI=1S/C9H10BF3NO/c1-14(2)9(15)7-3-5-8(6-4-7)10(11,12)13/h3-6H,1-2H3/q-1. The second-order valence-corrected chi connectivity index (χ2v) is 3.40. The van der Waals surface area contributed by atoms with E-state index >= 15 is 0 Å². The van der Waals surface area contributed by atoms with E-state index < -0.39 is 12.4 Å². The Hall–Kier alpha value is -1.46. The lowest BCUT2D eigenvalue weighted by molar-refractivity contribution is 0.0827. The molecule has 1 aromatic rings. The quantitative estimate of drug-likeness (QED) is 0.685. The topological polar surface area (TPSA) is 20.3 Å². The largest absolute Gasteiger partial charge is 0.509 e. The molecule has 2 nitrogen and oxygen atoms in total. The van der Waals surface area contributed by atoms with Gasteiger partial charge in [-0.3, -0.25) is 4.79 Å². The zero-order valence-corrected chi connectivity index (χ0v) is 8.38. The van der Waals surface area contributed by atoms with Crippen LogP contribution < -0.4 is 5.46 Å². The van der Waals surface area contributed by atoms with E-state index in [-0.39, 0.29) is 11.5 Å². The molecule has 0 heterocycles. The summed E-state index contributed by atoms with van der Waals surface area (Å²) >= 11 is 0. The summed E-state index contributed by atoms with van der Waals surface area (Å²) in [5, 5.41) is 0. The molecule has 0 aliphatic rings. The Bertz CT molecular complexity index is 359. The molecule has 0 N–H and O–H groups in total. The van der Waals surface area contributed by atoms with Crippen molar-refractivity contribution in [1.29, 1.82) is 0 Å². The maximum atomic E-state index is 12.2. The summed E-state index contributed by atoms with van der Waals surface area (Å²) in [6.45, 7) is -4.98. The van der Waals surface area contributed by atoms with Gasteiger partial charge in [0.05, 0.1) is 0 Å². The summed E-state index contributed by atoms with van der Waals surface area (Å²) in [6.07, 6.45) is 0. The Kier molecular flexibility index (Phi) is 3.07. The summed E-state index contributed by atoms with van der Waals surface area (Å²) in [5.41, 5.74) is -0.436. The van der Waals surface area contributed by atoms with E-state index in [0.717, 1.165) is 12.1 Å². The van der Waals surface area contributed by atoms with E-state index in [9.17, 15) is 17.7 Å². The molecule has 0 atom stereocenters. The van der Waals surface area contributed by atoms with Crippen LogP contribution in [0.5, 0.6) is 0 Å². The first-order valence-electron chi connectivity index (χ1n) is 4.34. The van der Waals surface area contributed by atoms with Crippen LogP contribution in [0, 0.1) is 0 Å². The van der Waals surface area contributed by atoms with Crippen molar-refractivity contribution < 1.29 is 17.7 Å². The van der Waals surface area contributed by atoms with Gasteiger partial charge in [-0.15, -0.1) is 5.46 Å². The van der Waals surface area contributed by atoms with Gasteiger partial charge in [0.25, 0.3) is 5.91 Å². The number of amides is 1. The minimum atomic E-state index is -4.98. The van der Waals surface area contributed by atoms with E-state index in [1.807, 2.05) is 0 Å². The lowest BCUT2D eigenvalue weighted by Gasteiger charge is -2.15. The first-order valence-corrected chi connectivity index (χ1v) is 4.34. The molecule has 0 saturated carbocycles. The average Bonchev–Trinajstić information content (AvgIpc) is 2.15. The van der Waals surface area contributed by atoms with Crippen LogP contribution in [0.3, 0.4) is 0 Å². The molecule has 0 aromatic heterocycles. The highest BCUT2D eigenvalue weighted by atomic mass is 19.4. The van der Waals surface area contributed by atoms with Gasteiger partial charge in [0.1, 0.15) is 0 Å².